The second kappa shape index (κ2) is 15.8. The van der Waals surface area contributed by atoms with Gasteiger partial charge in [0, 0.05) is 13.1 Å². The van der Waals surface area contributed by atoms with Crippen molar-refractivity contribution in [3.63, 3.8) is 0 Å². The maximum atomic E-state index is 14.0. The SMILES string of the molecule is CCCCN(C(=O)C(CC(C)C)NC(=O)OC(C)(C)C)C(C(=O)NCCC(=O)OCC)c1cccc(O)c1. The number of rotatable bonds is 14. The normalized spacial score (nSPS) is 12.8. The van der Waals surface area contributed by atoms with Crippen molar-refractivity contribution in [2.24, 2.45) is 5.92 Å². The van der Waals surface area contributed by atoms with E-state index in [0.717, 1.165) is 6.42 Å². The lowest BCUT2D eigenvalue weighted by atomic mass is 9.98. The largest absolute Gasteiger partial charge is 0.508 e. The number of nitrogens with one attached hydrogen (secondary N) is 2. The minimum Gasteiger partial charge on any atom is -0.508 e. The smallest absolute Gasteiger partial charge is 0.408 e. The third kappa shape index (κ3) is 11.8. The molecule has 10 nitrogen and oxygen atoms in total. The Kier molecular flexibility index (Phi) is 13.6. The first kappa shape index (κ1) is 32.7. The lowest BCUT2D eigenvalue weighted by Crippen LogP contribution is -2.53. The van der Waals surface area contributed by atoms with Gasteiger partial charge in [-0.05, 0) is 64.2 Å². The van der Waals surface area contributed by atoms with Crippen molar-refractivity contribution >= 4 is 23.9 Å². The summed E-state index contributed by atoms with van der Waals surface area (Å²) in [4.78, 5) is 53.3. The third-order valence-corrected chi connectivity index (χ3v) is 5.41. The van der Waals surface area contributed by atoms with Crippen LogP contribution in [0.3, 0.4) is 0 Å². The molecule has 3 amide bonds. The van der Waals surface area contributed by atoms with Gasteiger partial charge in [0.05, 0.1) is 13.0 Å². The molecular weight excluding hydrogens is 490 g/mol. The Balaban J connectivity index is 3.39. The summed E-state index contributed by atoms with van der Waals surface area (Å²) in [6.07, 6.45) is 0.955. The monoisotopic (exact) mass is 535 g/mol. The number of hydrogen-bond acceptors (Lipinski definition) is 7. The molecule has 0 aromatic heterocycles. The molecule has 10 heteroatoms. The number of aromatic hydroxyl groups is 1. The first-order valence-electron chi connectivity index (χ1n) is 13.3. The number of benzene rings is 1. The van der Waals surface area contributed by atoms with Gasteiger partial charge in [-0.1, -0.05) is 39.3 Å². The molecule has 0 aliphatic heterocycles. The quantitative estimate of drug-likeness (QED) is 0.306. The van der Waals surface area contributed by atoms with Crippen LogP contribution in [0, 0.1) is 5.92 Å². The predicted octanol–water partition coefficient (Wildman–Crippen LogP) is 4.07. The maximum absolute atomic E-state index is 14.0. The summed E-state index contributed by atoms with van der Waals surface area (Å²) >= 11 is 0. The van der Waals surface area contributed by atoms with E-state index >= 15 is 0 Å². The summed E-state index contributed by atoms with van der Waals surface area (Å²) in [5, 5.41) is 15.6. The predicted molar refractivity (Wildman–Crippen MR) is 144 cm³/mol. The van der Waals surface area contributed by atoms with Gasteiger partial charge < -0.3 is 30.1 Å². The average molecular weight is 536 g/mol. The van der Waals surface area contributed by atoms with E-state index in [1.165, 1.54) is 17.0 Å². The highest BCUT2D eigenvalue weighted by atomic mass is 16.6. The van der Waals surface area contributed by atoms with Crippen LogP contribution in [0.4, 0.5) is 4.79 Å². The second-order valence-corrected chi connectivity index (χ2v) is 10.6. The number of nitrogens with zero attached hydrogens (tertiary/aromatic N) is 1. The molecule has 1 aromatic rings. The van der Waals surface area contributed by atoms with Crippen molar-refractivity contribution in [3.8, 4) is 5.75 Å². The number of carbonyl (C=O) groups excluding carboxylic acids is 4. The van der Waals surface area contributed by atoms with Gasteiger partial charge >= 0.3 is 12.1 Å². The number of unbranched alkanes of at least 4 members (excludes halogenated alkanes) is 1. The summed E-state index contributed by atoms with van der Waals surface area (Å²) in [6.45, 7) is 13.2. The fourth-order valence-electron chi connectivity index (χ4n) is 3.82. The molecule has 1 rings (SSSR count). The molecule has 3 N–H and O–H groups in total. The molecule has 1 aromatic carbocycles. The van der Waals surface area contributed by atoms with E-state index in [-0.39, 0.29) is 37.8 Å². The number of phenols is 1. The van der Waals surface area contributed by atoms with E-state index in [9.17, 15) is 24.3 Å². The molecule has 0 heterocycles. The van der Waals surface area contributed by atoms with Gasteiger partial charge in [0.25, 0.3) is 0 Å². The summed E-state index contributed by atoms with van der Waals surface area (Å²) in [5.41, 5.74) is -0.344. The van der Waals surface area contributed by atoms with Crippen LogP contribution in [0.2, 0.25) is 0 Å². The van der Waals surface area contributed by atoms with E-state index in [1.807, 2.05) is 20.8 Å². The zero-order valence-electron chi connectivity index (χ0n) is 23.8. The molecule has 38 heavy (non-hydrogen) atoms. The minimum atomic E-state index is -1.10. The molecule has 214 valence electrons. The summed E-state index contributed by atoms with van der Waals surface area (Å²) in [6, 6.07) is 4.12. The molecular formula is C28H45N3O7. The van der Waals surface area contributed by atoms with Crippen LogP contribution in [0.1, 0.15) is 85.8 Å². The minimum absolute atomic E-state index is 0.0222. The van der Waals surface area contributed by atoms with Gasteiger partial charge in [-0.25, -0.2) is 4.79 Å². The lowest BCUT2D eigenvalue weighted by molar-refractivity contribution is -0.144. The highest BCUT2D eigenvalue weighted by Gasteiger charge is 2.36. The Morgan fingerprint density at radius 1 is 1.11 bits per heavy atom. The Bertz CT molecular complexity index is 927. The average Bonchev–Trinajstić information content (AvgIpc) is 2.79. The van der Waals surface area contributed by atoms with Gasteiger partial charge in [0.1, 0.15) is 23.4 Å². The van der Waals surface area contributed by atoms with Gasteiger partial charge in [0.2, 0.25) is 11.8 Å². The van der Waals surface area contributed by atoms with Gasteiger partial charge in [-0.3, -0.25) is 14.4 Å². The van der Waals surface area contributed by atoms with Crippen LogP contribution in [0.15, 0.2) is 24.3 Å². The maximum Gasteiger partial charge on any atom is 0.408 e. The molecule has 0 aliphatic rings. The van der Waals surface area contributed by atoms with E-state index in [0.29, 0.717) is 18.4 Å². The third-order valence-electron chi connectivity index (χ3n) is 5.41. The molecule has 2 unspecified atom stereocenters. The van der Waals surface area contributed by atoms with Crippen molar-refractivity contribution in [2.45, 2.75) is 91.8 Å². The number of ether oxygens (including phenoxy) is 2. The summed E-state index contributed by atoms with van der Waals surface area (Å²) < 4.78 is 10.3. The van der Waals surface area contributed by atoms with Gasteiger partial charge in [0.15, 0.2) is 0 Å². The van der Waals surface area contributed by atoms with Crippen molar-refractivity contribution in [1.82, 2.24) is 15.5 Å². The first-order chi connectivity index (χ1) is 17.8. The van der Waals surface area contributed by atoms with Crippen molar-refractivity contribution in [2.75, 3.05) is 19.7 Å². The van der Waals surface area contributed by atoms with Crippen molar-refractivity contribution in [1.29, 1.82) is 0 Å². The van der Waals surface area contributed by atoms with Crippen LogP contribution >= 0.6 is 0 Å². The van der Waals surface area contributed by atoms with Gasteiger partial charge in [-0.15, -0.1) is 0 Å². The molecule has 0 aliphatic carbocycles. The topological polar surface area (TPSA) is 134 Å². The highest BCUT2D eigenvalue weighted by Crippen LogP contribution is 2.27. The van der Waals surface area contributed by atoms with Crippen LogP contribution in [0.25, 0.3) is 0 Å². The van der Waals surface area contributed by atoms with E-state index in [4.69, 9.17) is 9.47 Å². The Morgan fingerprint density at radius 2 is 1.79 bits per heavy atom. The standard InChI is InChI=1S/C28H45N3O7/c1-8-10-16-31(26(35)22(17-19(3)4)30-27(36)38-28(5,6)7)24(20-12-11-13-21(32)18-20)25(34)29-15-14-23(33)37-9-2/h11-13,18-19,22,24,32H,8-10,14-17H2,1-7H3,(H,29,34)(H,30,36). The number of phenolic OH excluding ortho intramolecular Hbond substituents is 1. The van der Waals surface area contributed by atoms with Crippen LogP contribution in [-0.2, 0) is 23.9 Å². The number of amides is 3. The molecule has 0 saturated carbocycles. The Morgan fingerprint density at radius 3 is 2.34 bits per heavy atom. The van der Waals surface area contributed by atoms with E-state index in [2.05, 4.69) is 10.6 Å². The molecule has 0 spiro atoms. The number of alkyl carbamates (subject to hydrolysis) is 1. The van der Waals surface area contributed by atoms with Crippen LogP contribution < -0.4 is 10.6 Å². The Hall–Kier alpha value is -3.30. The van der Waals surface area contributed by atoms with Gasteiger partial charge in [-0.2, -0.15) is 0 Å². The first-order valence-corrected chi connectivity index (χ1v) is 13.3. The van der Waals surface area contributed by atoms with Crippen molar-refractivity contribution in [3.05, 3.63) is 29.8 Å². The fourth-order valence-corrected chi connectivity index (χ4v) is 3.82. The zero-order valence-corrected chi connectivity index (χ0v) is 23.8. The van der Waals surface area contributed by atoms with E-state index < -0.39 is 41.6 Å². The summed E-state index contributed by atoms with van der Waals surface area (Å²) in [5.74, 6) is -1.39. The summed E-state index contributed by atoms with van der Waals surface area (Å²) in [7, 11) is 0. The number of esters is 1. The Labute approximate surface area is 226 Å². The second-order valence-electron chi connectivity index (χ2n) is 10.6. The molecule has 2 atom stereocenters. The lowest BCUT2D eigenvalue weighted by Gasteiger charge is -2.35. The van der Waals surface area contributed by atoms with E-state index in [1.54, 1.807) is 39.8 Å². The molecule has 0 saturated heterocycles. The molecule has 0 fully saturated rings. The zero-order chi connectivity index (χ0) is 28.9. The number of hydrogen-bond donors (Lipinski definition) is 3. The molecule has 0 bridgehead atoms. The van der Waals surface area contributed by atoms with Crippen LogP contribution in [-0.4, -0.2) is 65.2 Å². The number of carbonyl (C=O) groups is 4. The van der Waals surface area contributed by atoms with Crippen LogP contribution in [0.5, 0.6) is 5.75 Å². The molecule has 0 radical (unpaired) electrons. The van der Waals surface area contributed by atoms with Crippen molar-refractivity contribution < 1.29 is 33.8 Å². The fraction of sp³-hybridized carbons (Fsp3) is 0.643. The highest BCUT2D eigenvalue weighted by molar-refractivity contribution is 5.92.